The average Bonchev–Trinajstić information content (AvgIpc) is 3.31. The zero-order valence-corrected chi connectivity index (χ0v) is 15.0. The molecule has 4 aromatic rings. The van der Waals surface area contributed by atoms with Gasteiger partial charge < -0.3 is 9.88 Å². The third-order valence-corrected chi connectivity index (χ3v) is 5.38. The van der Waals surface area contributed by atoms with E-state index in [1.807, 2.05) is 53.6 Å². The Bertz CT molecular complexity index is 1080. The summed E-state index contributed by atoms with van der Waals surface area (Å²) in [6.07, 6.45) is 6.56. The summed E-state index contributed by atoms with van der Waals surface area (Å²) in [6.45, 7) is 1.57. The molecule has 0 aliphatic carbocycles. The summed E-state index contributed by atoms with van der Waals surface area (Å²) >= 11 is 0. The first-order valence-electron chi connectivity index (χ1n) is 9.43. The van der Waals surface area contributed by atoms with Crippen LogP contribution in [0.15, 0.2) is 54.9 Å². The summed E-state index contributed by atoms with van der Waals surface area (Å²) in [7, 11) is 0. The van der Waals surface area contributed by atoms with Crippen molar-refractivity contribution in [3.8, 4) is 0 Å². The first-order chi connectivity index (χ1) is 13.3. The standard InChI is InChI=1S/C21H21N5O/c27-21(16-13-22-26-11-4-3-9-19(16)26)25-10-5-6-15(14-25)12-20-23-17-7-1-2-8-18(17)24-20/h1-4,7-9,11,13,15H,5-6,10,12,14H2,(H,23,24)/t15-/m0/s1. The second-order valence-corrected chi connectivity index (χ2v) is 7.25. The van der Waals surface area contributed by atoms with E-state index in [-0.39, 0.29) is 5.91 Å². The lowest BCUT2D eigenvalue weighted by Crippen LogP contribution is -2.40. The number of hydrogen-bond donors (Lipinski definition) is 1. The minimum Gasteiger partial charge on any atom is -0.342 e. The average molecular weight is 359 g/mol. The molecule has 0 saturated carbocycles. The lowest BCUT2D eigenvalue weighted by atomic mass is 9.94. The molecule has 1 aromatic carbocycles. The molecule has 6 nitrogen and oxygen atoms in total. The number of pyridine rings is 1. The fourth-order valence-corrected chi connectivity index (χ4v) is 4.06. The first-order valence-corrected chi connectivity index (χ1v) is 9.43. The van der Waals surface area contributed by atoms with E-state index in [1.165, 1.54) is 0 Å². The Morgan fingerprint density at radius 2 is 2.07 bits per heavy atom. The lowest BCUT2D eigenvalue weighted by Gasteiger charge is -2.32. The number of amides is 1. The third kappa shape index (κ3) is 2.97. The Hall–Kier alpha value is -3.15. The normalized spacial score (nSPS) is 17.6. The van der Waals surface area contributed by atoms with Gasteiger partial charge in [-0.15, -0.1) is 0 Å². The van der Waals surface area contributed by atoms with Gasteiger partial charge in [-0.25, -0.2) is 9.50 Å². The van der Waals surface area contributed by atoms with Crippen LogP contribution in [0.4, 0.5) is 0 Å². The molecule has 0 unspecified atom stereocenters. The topological polar surface area (TPSA) is 66.3 Å². The number of piperidine rings is 1. The van der Waals surface area contributed by atoms with Gasteiger partial charge in [-0.05, 0) is 43.0 Å². The van der Waals surface area contributed by atoms with Crippen LogP contribution in [-0.2, 0) is 6.42 Å². The number of carbonyl (C=O) groups excluding carboxylic acids is 1. The Morgan fingerprint density at radius 3 is 3.00 bits per heavy atom. The number of fused-ring (bicyclic) bond motifs is 2. The smallest absolute Gasteiger partial charge is 0.257 e. The highest BCUT2D eigenvalue weighted by atomic mass is 16.2. The predicted octanol–water partition coefficient (Wildman–Crippen LogP) is 3.31. The van der Waals surface area contributed by atoms with Crippen LogP contribution in [-0.4, -0.2) is 43.5 Å². The van der Waals surface area contributed by atoms with Gasteiger partial charge in [-0.1, -0.05) is 18.2 Å². The maximum Gasteiger partial charge on any atom is 0.257 e. The number of carbonyl (C=O) groups is 1. The molecule has 136 valence electrons. The summed E-state index contributed by atoms with van der Waals surface area (Å²) in [4.78, 5) is 23.1. The van der Waals surface area contributed by atoms with Gasteiger partial charge in [0, 0.05) is 25.7 Å². The molecule has 0 bridgehead atoms. The van der Waals surface area contributed by atoms with Crippen molar-refractivity contribution in [2.24, 2.45) is 5.92 Å². The van der Waals surface area contributed by atoms with E-state index in [0.717, 1.165) is 54.7 Å². The Balaban J connectivity index is 1.33. The molecule has 0 radical (unpaired) electrons. The Morgan fingerprint density at radius 1 is 1.19 bits per heavy atom. The molecule has 0 spiro atoms. The first kappa shape index (κ1) is 16.1. The number of nitrogens with zero attached hydrogens (tertiary/aromatic N) is 4. The van der Waals surface area contributed by atoms with E-state index >= 15 is 0 Å². The number of nitrogens with one attached hydrogen (secondary N) is 1. The number of aromatic amines is 1. The zero-order valence-electron chi connectivity index (χ0n) is 15.0. The van der Waals surface area contributed by atoms with Crippen LogP contribution in [0, 0.1) is 5.92 Å². The molecular formula is C21H21N5O. The minimum atomic E-state index is 0.0745. The van der Waals surface area contributed by atoms with E-state index in [0.29, 0.717) is 11.5 Å². The molecular weight excluding hydrogens is 338 g/mol. The van der Waals surface area contributed by atoms with Crippen LogP contribution in [0.2, 0.25) is 0 Å². The van der Waals surface area contributed by atoms with Crippen LogP contribution in [0.3, 0.4) is 0 Å². The van der Waals surface area contributed by atoms with Gasteiger partial charge in [0.15, 0.2) is 0 Å². The number of aromatic nitrogens is 4. The van der Waals surface area contributed by atoms with Gasteiger partial charge in [-0.3, -0.25) is 4.79 Å². The monoisotopic (exact) mass is 359 g/mol. The van der Waals surface area contributed by atoms with E-state index in [2.05, 4.69) is 10.1 Å². The van der Waals surface area contributed by atoms with Crippen LogP contribution in [0.1, 0.15) is 29.0 Å². The van der Waals surface area contributed by atoms with E-state index in [1.54, 1.807) is 10.7 Å². The van der Waals surface area contributed by atoms with Crippen molar-refractivity contribution < 1.29 is 4.79 Å². The third-order valence-electron chi connectivity index (χ3n) is 5.38. The molecule has 1 amide bonds. The van der Waals surface area contributed by atoms with Gasteiger partial charge in [0.25, 0.3) is 5.91 Å². The molecule has 1 atom stereocenters. The summed E-state index contributed by atoms with van der Waals surface area (Å²) in [5.74, 6) is 1.50. The van der Waals surface area contributed by atoms with Gasteiger partial charge in [-0.2, -0.15) is 5.10 Å². The quantitative estimate of drug-likeness (QED) is 0.610. The number of imidazole rings is 1. The highest BCUT2D eigenvalue weighted by molar-refractivity contribution is 6.00. The van der Waals surface area contributed by atoms with Crippen molar-refractivity contribution in [3.63, 3.8) is 0 Å². The molecule has 1 N–H and O–H groups in total. The van der Waals surface area contributed by atoms with Crippen molar-refractivity contribution in [1.82, 2.24) is 24.5 Å². The SMILES string of the molecule is O=C(c1cnn2ccccc12)N1CCC[C@@H](Cc2nc3ccccc3[nH]2)C1. The second kappa shape index (κ2) is 6.54. The second-order valence-electron chi connectivity index (χ2n) is 7.25. The highest BCUT2D eigenvalue weighted by Gasteiger charge is 2.27. The number of rotatable bonds is 3. The van der Waals surface area contributed by atoms with E-state index in [4.69, 9.17) is 4.98 Å². The van der Waals surface area contributed by atoms with Crippen LogP contribution in [0.25, 0.3) is 16.6 Å². The number of H-pyrrole nitrogens is 1. The predicted molar refractivity (Wildman–Crippen MR) is 104 cm³/mol. The fourth-order valence-electron chi connectivity index (χ4n) is 4.06. The number of hydrogen-bond acceptors (Lipinski definition) is 3. The number of benzene rings is 1. The van der Waals surface area contributed by atoms with E-state index < -0.39 is 0 Å². The largest absolute Gasteiger partial charge is 0.342 e. The summed E-state index contributed by atoms with van der Waals surface area (Å²) < 4.78 is 1.75. The van der Waals surface area contributed by atoms with Crippen LogP contribution in [0.5, 0.6) is 0 Å². The molecule has 4 heterocycles. The van der Waals surface area contributed by atoms with Crippen molar-refractivity contribution in [2.75, 3.05) is 13.1 Å². The maximum atomic E-state index is 13.1. The molecule has 1 aliphatic rings. The summed E-state index contributed by atoms with van der Waals surface area (Å²) in [5, 5.41) is 4.30. The fraction of sp³-hybridized carbons (Fsp3) is 0.286. The van der Waals surface area contributed by atoms with E-state index in [9.17, 15) is 4.79 Å². The maximum absolute atomic E-state index is 13.1. The van der Waals surface area contributed by atoms with Crippen LogP contribution < -0.4 is 0 Å². The molecule has 1 saturated heterocycles. The van der Waals surface area contributed by atoms with Gasteiger partial charge in [0.1, 0.15) is 5.82 Å². The lowest BCUT2D eigenvalue weighted by molar-refractivity contribution is 0.0674. The summed E-state index contributed by atoms with van der Waals surface area (Å²) in [6, 6.07) is 13.9. The molecule has 5 rings (SSSR count). The molecule has 6 heteroatoms. The molecule has 3 aromatic heterocycles. The Labute approximate surface area is 156 Å². The minimum absolute atomic E-state index is 0.0745. The summed E-state index contributed by atoms with van der Waals surface area (Å²) in [5.41, 5.74) is 3.62. The van der Waals surface area contributed by atoms with Crippen LogP contribution >= 0.6 is 0 Å². The van der Waals surface area contributed by atoms with Crippen molar-refractivity contribution in [1.29, 1.82) is 0 Å². The molecule has 27 heavy (non-hydrogen) atoms. The van der Waals surface area contributed by atoms with Gasteiger partial charge in [0.05, 0.1) is 28.3 Å². The molecule has 1 fully saturated rings. The molecule has 1 aliphatic heterocycles. The highest BCUT2D eigenvalue weighted by Crippen LogP contribution is 2.23. The number of para-hydroxylation sites is 2. The van der Waals surface area contributed by atoms with Crippen molar-refractivity contribution >= 4 is 22.5 Å². The zero-order chi connectivity index (χ0) is 18.2. The number of likely N-dealkylation sites (tertiary alicyclic amines) is 1. The Kier molecular flexibility index (Phi) is 3.89. The van der Waals surface area contributed by atoms with Gasteiger partial charge in [0.2, 0.25) is 0 Å². The van der Waals surface area contributed by atoms with Crippen molar-refractivity contribution in [3.05, 3.63) is 66.2 Å². The van der Waals surface area contributed by atoms with Crippen molar-refractivity contribution in [2.45, 2.75) is 19.3 Å². The van der Waals surface area contributed by atoms with Gasteiger partial charge >= 0.3 is 0 Å².